The van der Waals surface area contributed by atoms with Crippen LogP contribution in [0.25, 0.3) is 5.69 Å². The van der Waals surface area contributed by atoms with Gasteiger partial charge in [-0.1, -0.05) is 23.2 Å². The van der Waals surface area contributed by atoms with Gasteiger partial charge in [0.1, 0.15) is 0 Å². The highest BCUT2D eigenvalue weighted by Gasteiger charge is 2.33. The monoisotopic (exact) mass is 294 g/mol. The predicted octanol–water partition coefficient (Wildman–Crippen LogP) is 4.51. The van der Waals surface area contributed by atoms with Crippen molar-refractivity contribution < 1.29 is 13.2 Å². The van der Waals surface area contributed by atoms with E-state index in [1.54, 1.807) is 6.92 Å². The maximum atomic E-state index is 12.4. The lowest BCUT2D eigenvalue weighted by molar-refractivity contribution is -0.141. The van der Waals surface area contributed by atoms with Gasteiger partial charge >= 0.3 is 6.18 Å². The lowest BCUT2D eigenvalue weighted by Gasteiger charge is -2.08. The third kappa shape index (κ3) is 2.47. The van der Waals surface area contributed by atoms with Gasteiger partial charge < -0.3 is 0 Å². The first-order valence-corrected chi connectivity index (χ1v) is 5.63. The van der Waals surface area contributed by atoms with E-state index in [-0.39, 0.29) is 0 Å². The molecule has 2 rings (SSSR count). The van der Waals surface area contributed by atoms with Gasteiger partial charge in [0.2, 0.25) is 0 Å². The van der Waals surface area contributed by atoms with E-state index in [9.17, 15) is 13.2 Å². The number of rotatable bonds is 1. The summed E-state index contributed by atoms with van der Waals surface area (Å²) in [6.07, 6.45) is -3.25. The van der Waals surface area contributed by atoms with Gasteiger partial charge in [-0.15, -0.1) is 0 Å². The average Bonchev–Trinajstić information content (AvgIpc) is 2.71. The summed E-state index contributed by atoms with van der Waals surface area (Å²) in [4.78, 5) is 0. The van der Waals surface area contributed by atoms with E-state index in [1.165, 1.54) is 18.3 Å². The van der Waals surface area contributed by atoms with Gasteiger partial charge in [-0.25, -0.2) is 4.68 Å². The van der Waals surface area contributed by atoms with Crippen LogP contribution in [-0.2, 0) is 6.18 Å². The topological polar surface area (TPSA) is 17.8 Å². The van der Waals surface area contributed by atoms with E-state index in [0.29, 0.717) is 21.3 Å². The Morgan fingerprint density at radius 2 is 1.89 bits per heavy atom. The summed E-state index contributed by atoms with van der Waals surface area (Å²) in [6, 6.07) is 3.93. The second kappa shape index (κ2) is 4.48. The molecule has 0 radical (unpaired) electrons. The molecule has 0 N–H and O–H groups in total. The van der Waals surface area contributed by atoms with Gasteiger partial charge in [-0.05, 0) is 30.7 Å². The number of hydrogen-bond acceptors (Lipinski definition) is 1. The summed E-state index contributed by atoms with van der Waals surface area (Å²) in [5.74, 6) is 0. The smallest absolute Gasteiger partial charge is 0.240 e. The van der Waals surface area contributed by atoms with E-state index in [2.05, 4.69) is 5.10 Å². The lowest BCUT2D eigenvalue weighted by Crippen LogP contribution is -2.07. The van der Waals surface area contributed by atoms with Crippen LogP contribution < -0.4 is 0 Å². The average molecular weight is 295 g/mol. The molecule has 1 heterocycles. The molecule has 0 unspecified atom stereocenters. The molecule has 0 saturated carbocycles. The van der Waals surface area contributed by atoms with E-state index in [1.807, 2.05) is 0 Å². The van der Waals surface area contributed by atoms with Crippen molar-refractivity contribution in [1.82, 2.24) is 9.78 Å². The van der Waals surface area contributed by atoms with Crippen molar-refractivity contribution in [3.8, 4) is 5.69 Å². The Morgan fingerprint density at radius 1 is 1.22 bits per heavy atom. The second-order valence-electron chi connectivity index (χ2n) is 3.68. The summed E-state index contributed by atoms with van der Waals surface area (Å²) in [6.45, 7) is 1.68. The fraction of sp³-hybridized carbons (Fsp3) is 0.182. The molecule has 96 valence electrons. The molecule has 0 atom stereocenters. The van der Waals surface area contributed by atoms with Crippen molar-refractivity contribution in [2.75, 3.05) is 0 Å². The summed E-state index contributed by atoms with van der Waals surface area (Å²) in [7, 11) is 0. The van der Waals surface area contributed by atoms with Crippen molar-refractivity contribution in [3.63, 3.8) is 0 Å². The predicted molar refractivity (Wildman–Crippen MR) is 63.3 cm³/mol. The Labute approximate surface area is 111 Å². The Kier molecular flexibility index (Phi) is 3.29. The van der Waals surface area contributed by atoms with Crippen LogP contribution in [0.15, 0.2) is 24.4 Å². The van der Waals surface area contributed by atoms with Crippen LogP contribution in [0.4, 0.5) is 13.2 Å². The van der Waals surface area contributed by atoms with Crippen LogP contribution in [0.3, 0.4) is 0 Å². The zero-order valence-corrected chi connectivity index (χ0v) is 10.6. The van der Waals surface area contributed by atoms with E-state index in [4.69, 9.17) is 23.2 Å². The number of aromatic nitrogens is 2. The van der Waals surface area contributed by atoms with E-state index >= 15 is 0 Å². The molecular formula is C11H7Cl2F3N2. The lowest BCUT2D eigenvalue weighted by atomic mass is 10.2. The third-order valence-corrected chi connectivity index (χ3v) is 3.02. The van der Waals surface area contributed by atoms with Gasteiger partial charge in [0.05, 0.1) is 5.69 Å². The first-order chi connectivity index (χ1) is 8.29. The molecule has 18 heavy (non-hydrogen) atoms. The number of nitrogens with zero attached hydrogens (tertiary/aromatic N) is 2. The summed E-state index contributed by atoms with van der Waals surface area (Å²) >= 11 is 11.7. The Bertz CT molecular complexity index is 590. The maximum absolute atomic E-state index is 12.4. The molecular weight excluding hydrogens is 288 g/mol. The summed E-state index contributed by atoms with van der Waals surface area (Å²) < 4.78 is 38.5. The molecule has 1 aromatic carbocycles. The van der Waals surface area contributed by atoms with Crippen molar-refractivity contribution >= 4 is 23.2 Å². The fourth-order valence-electron chi connectivity index (χ4n) is 1.48. The quantitative estimate of drug-likeness (QED) is 0.757. The SMILES string of the molecule is Cc1c(Cl)cc(Cl)cc1-n1ccc(C(F)(F)F)n1. The van der Waals surface area contributed by atoms with Crippen molar-refractivity contribution in [3.05, 3.63) is 45.7 Å². The van der Waals surface area contributed by atoms with Crippen molar-refractivity contribution in [1.29, 1.82) is 0 Å². The number of hydrogen-bond donors (Lipinski definition) is 0. The Morgan fingerprint density at radius 3 is 2.44 bits per heavy atom. The van der Waals surface area contributed by atoms with Gasteiger partial charge in [-0.3, -0.25) is 0 Å². The number of alkyl halides is 3. The minimum absolute atomic E-state index is 0.338. The summed E-state index contributed by atoms with van der Waals surface area (Å²) in [5.41, 5.74) is 0.0684. The minimum Gasteiger partial charge on any atom is -0.240 e. The molecule has 0 amide bonds. The van der Waals surface area contributed by atoms with Gasteiger partial charge in [0.15, 0.2) is 5.69 Å². The standard InChI is InChI=1S/C11H7Cl2F3N2/c1-6-8(13)4-7(12)5-9(6)18-3-2-10(17-18)11(14,15)16/h2-5H,1H3. The zero-order chi connectivity index (χ0) is 13.5. The number of halogens is 5. The third-order valence-electron chi connectivity index (χ3n) is 2.41. The van der Waals surface area contributed by atoms with Gasteiger partial charge in [0, 0.05) is 16.2 Å². The molecule has 0 saturated heterocycles. The zero-order valence-electron chi connectivity index (χ0n) is 9.09. The molecule has 1 aromatic heterocycles. The fourth-order valence-corrected chi connectivity index (χ4v) is 1.96. The second-order valence-corrected chi connectivity index (χ2v) is 4.52. The van der Waals surface area contributed by atoms with E-state index < -0.39 is 11.9 Å². The van der Waals surface area contributed by atoms with Gasteiger partial charge in [0.25, 0.3) is 0 Å². The highest BCUT2D eigenvalue weighted by molar-refractivity contribution is 6.35. The highest BCUT2D eigenvalue weighted by Crippen LogP contribution is 2.30. The molecule has 7 heteroatoms. The van der Waals surface area contributed by atoms with Crippen LogP contribution in [0, 0.1) is 6.92 Å². The van der Waals surface area contributed by atoms with Crippen LogP contribution in [0.1, 0.15) is 11.3 Å². The summed E-state index contributed by atoms with van der Waals surface area (Å²) in [5, 5.41) is 4.18. The maximum Gasteiger partial charge on any atom is 0.435 e. The number of benzene rings is 1. The van der Waals surface area contributed by atoms with Crippen LogP contribution in [-0.4, -0.2) is 9.78 Å². The molecule has 0 aliphatic heterocycles. The molecule has 2 aromatic rings. The van der Waals surface area contributed by atoms with E-state index in [0.717, 1.165) is 10.7 Å². The Balaban J connectivity index is 2.53. The first kappa shape index (κ1) is 13.2. The first-order valence-electron chi connectivity index (χ1n) is 4.88. The molecule has 2 nitrogen and oxygen atoms in total. The minimum atomic E-state index is -4.47. The van der Waals surface area contributed by atoms with Crippen LogP contribution in [0.2, 0.25) is 10.0 Å². The largest absolute Gasteiger partial charge is 0.435 e. The Hall–Kier alpha value is -1.20. The molecule has 0 spiro atoms. The van der Waals surface area contributed by atoms with Crippen molar-refractivity contribution in [2.45, 2.75) is 13.1 Å². The van der Waals surface area contributed by atoms with Gasteiger partial charge in [-0.2, -0.15) is 18.3 Å². The normalized spacial score (nSPS) is 11.9. The molecule has 0 fully saturated rings. The van der Waals surface area contributed by atoms with Crippen LogP contribution in [0.5, 0.6) is 0 Å². The molecule has 0 bridgehead atoms. The molecule has 0 aliphatic rings. The van der Waals surface area contributed by atoms with Crippen molar-refractivity contribution in [2.24, 2.45) is 0 Å². The van der Waals surface area contributed by atoms with Crippen LogP contribution >= 0.6 is 23.2 Å². The highest BCUT2D eigenvalue weighted by atomic mass is 35.5. The molecule has 0 aliphatic carbocycles.